The predicted molar refractivity (Wildman–Crippen MR) is 136 cm³/mol. The largest absolute Gasteiger partial charge is 0.423 e. The van der Waals surface area contributed by atoms with Gasteiger partial charge in [-0.3, -0.25) is 13.8 Å². The fourth-order valence-corrected chi connectivity index (χ4v) is 5.46. The summed E-state index contributed by atoms with van der Waals surface area (Å²) in [4.78, 5) is 25.3. The zero-order valence-electron chi connectivity index (χ0n) is 19.7. The van der Waals surface area contributed by atoms with Crippen LogP contribution in [0, 0.1) is 6.92 Å². The molecular weight excluding hydrogens is 448 g/mol. The molecule has 0 aliphatic carbocycles. The van der Waals surface area contributed by atoms with E-state index in [1.807, 2.05) is 48.6 Å². The third-order valence-electron chi connectivity index (χ3n) is 6.12. The second-order valence-corrected chi connectivity index (χ2v) is 9.77. The predicted octanol–water partition coefficient (Wildman–Crippen LogP) is 5.28. The van der Waals surface area contributed by atoms with Crippen LogP contribution in [0.25, 0.3) is 27.6 Å². The molecule has 0 atom stereocenters. The average Bonchev–Trinajstić information content (AvgIpc) is 3.23. The quantitative estimate of drug-likeness (QED) is 0.246. The van der Waals surface area contributed by atoms with Crippen molar-refractivity contribution in [3.05, 3.63) is 79.9 Å². The highest BCUT2D eigenvalue weighted by Crippen LogP contribution is 2.31. The number of rotatable bonds is 6. The van der Waals surface area contributed by atoms with Gasteiger partial charge in [0.15, 0.2) is 5.16 Å². The second-order valence-electron chi connectivity index (χ2n) is 8.83. The summed E-state index contributed by atoms with van der Waals surface area (Å²) in [6.45, 7) is 8.95. The van der Waals surface area contributed by atoms with Crippen molar-refractivity contribution in [1.29, 1.82) is 0 Å². The molecule has 2 aromatic carbocycles. The number of thioether (sulfide) groups is 1. The third-order valence-corrected chi connectivity index (χ3v) is 7.10. The van der Waals surface area contributed by atoms with Gasteiger partial charge in [0.25, 0.3) is 5.56 Å². The van der Waals surface area contributed by atoms with Gasteiger partial charge >= 0.3 is 5.63 Å². The molecule has 0 saturated heterocycles. The first-order valence-corrected chi connectivity index (χ1v) is 12.4. The number of fused-ring (bicyclic) bond motifs is 4. The molecule has 0 aliphatic rings. The van der Waals surface area contributed by atoms with Gasteiger partial charge in [0.2, 0.25) is 5.78 Å². The zero-order valence-corrected chi connectivity index (χ0v) is 20.5. The summed E-state index contributed by atoms with van der Waals surface area (Å²) in [5, 5.41) is 11.0. The molecule has 0 bridgehead atoms. The Kier molecular flexibility index (Phi) is 5.77. The van der Waals surface area contributed by atoms with Crippen LogP contribution in [0.2, 0.25) is 0 Å². The van der Waals surface area contributed by atoms with Gasteiger partial charge in [-0.25, -0.2) is 4.79 Å². The molecule has 0 spiro atoms. The molecule has 8 heteroatoms. The Bertz CT molecular complexity index is 1660. The van der Waals surface area contributed by atoms with E-state index in [1.54, 1.807) is 10.6 Å². The Morgan fingerprint density at radius 1 is 1.06 bits per heavy atom. The van der Waals surface area contributed by atoms with Gasteiger partial charge in [0.1, 0.15) is 5.58 Å². The Morgan fingerprint density at radius 3 is 2.62 bits per heavy atom. The van der Waals surface area contributed by atoms with Gasteiger partial charge in [-0.15, -0.1) is 10.2 Å². The van der Waals surface area contributed by atoms with E-state index in [2.05, 4.69) is 30.1 Å². The van der Waals surface area contributed by atoms with Crippen LogP contribution >= 0.6 is 11.8 Å². The van der Waals surface area contributed by atoms with Gasteiger partial charge in [-0.2, -0.15) is 0 Å². The highest BCUT2D eigenvalue weighted by atomic mass is 32.2. The van der Waals surface area contributed by atoms with E-state index in [-0.39, 0.29) is 11.2 Å². The minimum absolute atomic E-state index is 0.0582. The SMILES string of the molecule is CCCn1c(=O)c2ccccc2n2c(SCc3cc(=O)oc4cc(C)c(C(C)C)cc34)nnc12. The minimum Gasteiger partial charge on any atom is -0.423 e. The fourth-order valence-electron chi connectivity index (χ4n) is 4.53. The summed E-state index contributed by atoms with van der Waals surface area (Å²) in [6, 6.07) is 13.2. The molecule has 3 heterocycles. The van der Waals surface area contributed by atoms with Crippen LogP contribution < -0.4 is 11.2 Å². The van der Waals surface area contributed by atoms with Crippen molar-refractivity contribution in [3.8, 4) is 0 Å². The van der Waals surface area contributed by atoms with E-state index in [4.69, 9.17) is 4.42 Å². The molecular formula is C26H26N4O3S. The van der Waals surface area contributed by atoms with E-state index < -0.39 is 0 Å². The van der Waals surface area contributed by atoms with Gasteiger partial charge in [-0.05, 0) is 60.2 Å². The zero-order chi connectivity index (χ0) is 24.0. The van der Waals surface area contributed by atoms with Crippen molar-refractivity contribution in [2.75, 3.05) is 0 Å². The van der Waals surface area contributed by atoms with Crippen LogP contribution in [0.3, 0.4) is 0 Å². The maximum Gasteiger partial charge on any atom is 0.336 e. The van der Waals surface area contributed by atoms with E-state index in [0.717, 1.165) is 28.5 Å². The fraction of sp³-hybridized carbons (Fsp3) is 0.308. The molecule has 0 amide bonds. The first kappa shape index (κ1) is 22.4. The molecule has 7 nitrogen and oxygen atoms in total. The Labute approximate surface area is 200 Å². The number of nitrogens with zero attached hydrogens (tertiary/aromatic N) is 4. The Hall–Kier alpha value is -3.39. The lowest BCUT2D eigenvalue weighted by atomic mass is 9.95. The van der Waals surface area contributed by atoms with Gasteiger partial charge in [0, 0.05) is 23.8 Å². The lowest BCUT2D eigenvalue weighted by molar-refractivity contribution is 0.559. The van der Waals surface area contributed by atoms with Crippen LogP contribution in [0.1, 0.15) is 49.8 Å². The number of hydrogen-bond acceptors (Lipinski definition) is 6. The van der Waals surface area contributed by atoms with Gasteiger partial charge in [-0.1, -0.05) is 44.7 Å². The molecule has 0 aliphatic heterocycles. The van der Waals surface area contributed by atoms with Crippen molar-refractivity contribution in [2.45, 2.75) is 57.5 Å². The van der Waals surface area contributed by atoms with Crippen LogP contribution in [-0.4, -0.2) is 19.2 Å². The van der Waals surface area contributed by atoms with Crippen LogP contribution in [0.5, 0.6) is 0 Å². The molecule has 0 unspecified atom stereocenters. The highest BCUT2D eigenvalue weighted by Gasteiger charge is 2.18. The van der Waals surface area contributed by atoms with Crippen LogP contribution in [-0.2, 0) is 12.3 Å². The highest BCUT2D eigenvalue weighted by molar-refractivity contribution is 7.98. The summed E-state index contributed by atoms with van der Waals surface area (Å²) in [6.07, 6.45) is 0.812. The molecule has 5 rings (SSSR count). The lowest BCUT2D eigenvalue weighted by Gasteiger charge is -2.13. The first-order chi connectivity index (χ1) is 16.4. The second kappa shape index (κ2) is 8.76. The third kappa shape index (κ3) is 3.72. The van der Waals surface area contributed by atoms with Gasteiger partial charge in [0.05, 0.1) is 10.9 Å². The summed E-state index contributed by atoms with van der Waals surface area (Å²) in [5.74, 6) is 1.41. The Balaban J connectivity index is 1.64. The van der Waals surface area contributed by atoms with Crippen molar-refractivity contribution >= 4 is 39.4 Å². The normalized spacial score (nSPS) is 11.9. The molecule has 5 aromatic rings. The average molecular weight is 475 g/mol. The van der Waals surface area contributed by atoms with E-state index in [9.17, 15) is 9.59 Å². The smallest absolute Gasteiger partial charge is 0.336 e. The Morgan fingerprint density at radius 2 is 1.85 bits per heavy atom. The van der Waals surface area contributed by atoms with Crippen LogP contribution in [0.4, 0.5) is 0 Å². The minimum atomic E-state index is -0.367. The van der Waals surface area contributed by atoms with Gasteiger partial charge < -0.3 is 4.42 Å². The van der Waals surface area contributed by atoms with Crippen LogP contribution in [0.15, 0.2) is 61.6 Å². The maximum atomic E-state index is 13.0. The number of aryl methyl sites for hydroxylation is 2. The standard InChI is InChI=1S/C26H26N4O3S/c1-5-10-29-24(32)18-8-6-7-9-21(18)30-25(29)27-28-26(30)34-14-17-12-23(31)33-22-11-16(4)19(15(2)3)13-20(17)22/h6-9,11-13,15H,5,10,14H2,1-4H3. The van der Waals surface area contributed by atoms with Crippen molar-refractivity contribution in [2.24, 2.45) is 0 Å². The van der Waals surface area contributed by atoms with E-state index in [0.29, 0.717) is 40.1 Å². The summed E-state index contributed by atoms with van der Waals surface area (Å²) in [7, 11) is 0. The molecule has 174 valence electrons. The van der Waals surface area contributed by atoms with Crippen molar-refractivity contribution < 1.29 is 4.42 Å². The molecule has 0 saturated carbocycles. The van der Waals surface area contributed by atoms with Crippen molar-refractivity contribution in [3.63, 3.8) is 0 Å². The summed E-state index contributed by atoms with van der Waals surface area (Å²) >= 11 is 1.49. The number of aromatic nitrogens is 4. The number of hydrogen-bond donors (Lipinski definition) is 0. The number of benzene rings is 2. The number of para-hydroxylation sites is 1. The topological polar surface area (TPSA) is 82.4 Å². The molecule has 34 heavy (non-hydrogen) atoms. The first-order valence-electron chi connectivity index (χ1n) is 11.5. The van der Waals surface area contributed by atoms with E-state index in [1.165, 1.54) is 17.3 Å². The summed E-state index contributed by atoms with van der Waals surface area (Å²) in [5.41, 5.74) is 4.18. The van der Waals surface area contributed by atoms with Crippen molar-refractivity contribution in [1.82, 2.24) is 19.2 Å². The molecule has 0 fully saturated rings. The molecule has 3 aromatic heterocycles. The molecule has 0 N–H and O–H groups in total. The van der Waals surface area contributed by atoms with E-state index >= 15 is 0 Å². The summed E-state index contributed by atoms with van der Waals surface area (Å²) < 4.78 is 9.13. The maximum absolute atomic E-state index is 13.0. The lowest BCUT2D eigenvalue weighted by Crippen LogP contribution is -2.23. The monoisotopic (exact) mass is 474 g/mol. The molecule has 0 radical (unpaired) electrons.